The van der Waals surface area contributed by atoms with Crippen LogP contribution in [-0.2, 0) is 4.79 Å². The van der Waals surface area contributed by atoms with Crippen LogP contribution in [-0.4, -0.2) is 11.9 Å². The second kappa shape index (κ2) is 8.32. The summed E-state index contributed by atoms with van der Waals surface area (Å²) in [5.74, 6) is 0.312. The van der Waals surface area contributed by atoms with E-state index in [-0.39, 0.29) is 24.4 Å². The molecular weight excluding hydrogens is 320 g/mol. The van der Waals surface area contributed by atoms with Crippen LogP contribution in [0.3, 0.4) is 0 Å². The van der Waals surface area contributed by atoms with Crippen molar-refractivity contribution in [2.24, 2.45) is 5.73 Å². The second-order valence-electron chi connectivity index (χ2n) is 6.45. The summed E-state index contributed by atoms with van der Waals surface area (Å²) in [6.45, 7) is 2.03. The molecule has 1 saturated carbocycles. The first-order valence-corrected chi connectivity index (χ1v) is 8.32. The van der Waals surface area contributed by atoms with Crippen molar-refractivity contribution in [3.63, 3.8) is 0 Å². The number of amides is 1. The predicted molar refractivity (Wildman–Crippen MR) is 100 cm³/mol. The lowest BCUT2D eigenvalue weighted by molar-refractivity contribution is -0.123. The number of aryl methyl sites for hydroxylation is 1. The largest absolute Gasteiger partial charge is 0.351 e. The van der Waals surface area contributed by atoms with E-state index in [9.17, 15) is 4.79 Å². The summed E-state index contributed by atoms with van der Waals surface area (Å²) in [6.07, 6.45) is 3.28. The molecule has 0 bridgehead atoms. The number of hydrogen-bond donors (Lipinski definition) is 2. The predicted octanol–water partition coefficient (Wildman–Crippen LogP) is 3.87. The topological polar surface area (TPSA) is 55.1 Å². The zero-order valence-corrected chi connectivity index (χ0v) is 14.8. The molecule has 24 heavy (non-hydrogen) atoms. The van der Waals surface area contributed by atoms with Gasteiger partial charge in [0.1, 0.15) is 6.04 Å². The van der Waals surface area contributed by atoms with Crippen molar-refractivity contribution < 1.29 is 4.79 Å². The van der Waals surface area contributed by atoms with Gasteiger partial charge in [-0.25, -0.2) is 0 Å². The van der Waals surface area contributed by atoms with Crippen molar-refractivity contribution in [1.82, 2.24) is 5.32 Å². The van der Waals surface area contributed by atoms with E-state index in [4.69, 9.17) is 5.73 Å². The van der Waals surface area contributed by atoms with E-state index in [2.05, 4.69) is 29.6 Å². The Bertz CT molecular complexity index is 657. The summed E-state index contributed by atoms with van der Waals surface area (Å²) in [4.78, 5) is 12.5. The Hall–Kier alpha value is -1.84. The molecule has 2 aromatic carbocycles. The summed E-state index contributed by atoms with van der Waals surface area (Å²) in [6, 6.07) is 17.9. The molecule has 1 aliphatic carbocycles. The van der Waals surface area contributed by atoms with E-state index in [1.54, 1.807) is 0 Å². The lowest BCUT2D eigenvalue weighted by Gasteiger charge is -2.23. The minimum Gasteiger partial charge on any atom is -0.351 e. The number of carbonyl (C=O) groups is 1. The maximum atomic E-state index is 12.5. The number of benzene rings is 2. The first-order chi connectivity index (χ1) is 11.1. The summed E-state index contributed by atoms with van der Waals surface area (Å²) in [5, 5.41) is 3.18. The average Bonchev–Trinajstić information content (AvgIpc) is 3.04. The smallest absolute Gasteiger partial charge is 0.241 e. The molecule has 0 spiro atoms. The zero-order chi connectivity index (χ0) is 16.2. The first kappa shape index (κ1) is 18.5. The van der Waals surface area contributed by atoms with Crippen LogP contribution in [0.2, 0.25) is 0 Å². The van der Waals surface area contributed by atoms with E-state index in [1.165, 1.54) is 11.1 Å². The molecule has 3 N–H and O–H groups in total. The number of halogens is 1. The standard InChI is InChI=1S/C20H24N2O.ClH/c1-14-10-12-16(13-11-14)19(21)20(23)22-18-9-5-8-17(18)15-6-3-2-4-7-15;/h2-4,6-7,10-13,17-19H,5,8-9,21H2,1H3,(H,22,23);1H. The van der Waals surface area contributed by atoms with E-state index in [0.29, 0.717) is 5.92 Å². The van der Waals surface area contributed by atoms with Crippen LogP contribution in [0.1, 0.15) is 47.9 Å². The van der Waals surface area contributed by atoms with Crippen LogP contribution in [0, 0.1) is 6.92 Å². The average molecular weight is 345 g/mol. The molecule has 3 unspecified atom stereocenters. The number of rotatable bonds is 4. The maximum absolute atomic E-state index is 12.5. The van der Waals surface area contributed by atoms with Crippen LogP contribution in [0.5, 0.6) is 0 Å². The van der Waals surface area contributed by atoms with Crippen molar-refractivity contribution in [3.05, 3.63) is 71.3 Å². The Balaban J connectivity index is 0.00000208. The summed E-state index contributed by atoms with van der Waals surface area (Å²) < 4.78 is 0. The van der Waals surface area contributed by atoms with Crippen molar-refractivity contribution in [1.29, 1.82) is 0 Å². The summed E-state index contributed by atoms with van der Waals surface area (Å²) in [7, 11) is 0. The van der Waals surface area contributed by atoms with Crippen LogP contribution >= 0.6 is 12.4 Å². The van der Waals surface area contributed by atoms with Gasteiger partial charge in [0, 0.05) is 12.0 Å². The van der Waals surface area contributed by atoms with E-state index >= 15 is 0 Å². The van der Waals surface area contributed by atoms with Gasteiger partial charge in [0.2, 0.25) is 5.91 Å². The van der Waals surface area contributed by atoms with Gasteiger partial charge >= 0.3 is 0 Å². The SMILES string of the molecule is Cc1ccc(C(N)C(=O)NC2CCCC2c2ccccc2)cc1.Cl. The minimum absolute atomic E-state index is 0. The van der Waals surface area contributed by atoms with E-state index in [0.717, 1.165) is 24.8 Å². The van der Waals surface area contributed by atoms with Crippen molar-refractivity contribution in [3.8, 4) is 0 Å². The van der Waals surface area contributed by atoms with Gasteiger partial charge in [-0.05, 0) is 30.9 Å². The molecule has 1 aliphatic rings. The van der Waals surface area contributed by atoms with Gasteiger partial charge in [-0.15, -0.1) is 12.4 Å². The Labute approximate surface area is 150 Å². The molecule has 4 heteroatoms. The molecule has 0 aromatic heterocycles. The fourth-order valence-electron chi connectivity index (χ4n) is 3.43. The molecule has 3 nitrogen and oxygen atoms in total. The van der Waals surface area contributed by atoms with Gasteiger partial charge in [0.15, 0.2) is 0 Å². The van der Waals surface area contributed by atoms with Crippen molar-refractivity contribution in [2.75, 3.05) is 0 Å². The Morgan fingerprint density at radius 3 is 2.42 bits per heavy atom. The Morgan fingerprint density at radius 2 is 1.75 bits per heavy atom. The van der Waals surface area contributed by atoms with E-state index in [1.807, 2.05) is 37.3 Å². The number of nitrogens with one attached hydrogen (secondary N) is 1. The van der Waals surface area contributed by atoms with Gasteiger partial charge in [-0.3, -0.25) is 4.79 Å². The highest BCUT2D eigenvalue weighted by Crippen LogP contribution is 2.34. The van der Waals surface area contributed by atoms with Crippen molar-refractivity contribution in [2.45, 2.75) is 44.2 Å². The molecule has 1 amide bonds. The van der Waals surface area contributed by atoms with Crippen LogP contribution < -0.4 is 11.1 Å². The zero-order valence-electron chi connectivity index (χ0n) is 13.9. The van der Waals surface area contributed by atoms with Gasteiger partial charge in [-0.1, -0.05) is 66.6 Å². The van der Waals surface area contributed by atoms with Gasteiger partial charge < -0.3 is 11.1 Å². The monoisotopic (exact) mass is 344 g/mol. The van der Waals surface area contributed by atoms with Crippen molar-refractivity contribution >= 4 is 18.3 Å². The number of carbonyl (C=O) groups excluding carboxylic acids is 1. The van der Waals surface area contributed by atoms with Gasteiger partial charge in [-0.2, -0.15) is 0 Å². The molecule has 0 radical (unpaired) electrons. The molecule has 0 saturated heterocycles. The third-order valence-corrected chi connectivity index (χ3v) is 4.79. The van der Waals surface area contributed by atoms with Crippen LogP contribution in [0.25, 0.3) is 0 Å². The molecule has 1 fully saturated rings. The lowest BCUT2D eigenvalue weighted by Crippen LogP contribution is -2.41. The van der Waals surface area contributed by atoms with Gasteiger partial charge in [0.25, 0.3) is 0 Å². The molecule has 2 aromatic rings. The molecule has 128 valence electrons. The lowest BCUT2D eigenvalue weighted by atomic mass is 9.93. The Kier molecular flexibility index (Phi) is 6.41. The summed E-state index contributed by atoms with van der Waals surface area (Å²) >= 11 is 0. The van der Waals surface area contributed by atoms with Crippen LogP contribution in [0.15, 0.2) is 54.6 Å². The maximum Gasteiger partial charge on any atom is 0.241 e. The highest BCUT2D eigenvalue weighted by molar-refractivity contribution is 5.85. The third-order valence-electron chi connectivity index (χ3n) is 4.79. The fourth-order valence-corrected chi connectivity index (χ4v) is 3.43. The molecule has 0 heterocycles. The molecule has 0 aliphatic heterocycles. The quantitative estimate of drug-likeness (QED) is 0.884. The minimum atomic E-state index is -0.604. The van der Waals surface area contributed by atoms with E-state index < -0.39 is 6.04 Å². The second-order valence-corrected chi connectivity index (χ2v) is 6.45. The summed E-state index contributed by atoms with van der Waals surface area (Å²) in [5.41, 5.74) is 9.47. The first-order valence-electron chi connectivity index (χ1n) is 8.32. The number of nitrogens with two attached hydrogens (primary N) is 1. The normalized spacial score (nSPS) is 20.9. The third kappa shape index (κ3) is 4.16. The number of hydrogen-bond acceptors (Lipinski definition) is 2. The highest BCUT2D eigenvalue weighted by Gasteiger charge is 2.31. The molecular formula is C20H25ClN2O. The highest BCUT2D eigenvalue weighted by atomic mass is 35.5. The molecule has 3 atom stereocenters. The van der Waals surface area contributed by atoms with Crippen LogP contribution in [0.4, 0.5) is 0 Å². The Morgan fingerprint density at radius 1 is 1.08 bits per heavy atom. The van der Waals surface area contributed by atoms with Gasteiger partial charge in [0.05, 0.1) is 0 Å². The fraction of sp³-hybridized carbons (Fsp3) is 0.350. The molecule has 3 rings (SSSR count).